The standard InChI is InChI=1S/C12H24BrNO2/c1-9(2)8-10(6-7-13)14-11(15)16-12(3,4)5/h9-10H,6-8H2,1-5H3,(H,14,15)/t10-/m0/s1. The van der Waals surface area contributed by atoms with Gasteiger partial charge < -0.3 is 10.1 Å². The molecule has 0 unspecified atom stereocenters. The molecule has 0 aliphatic rings. The largest absolute Gasteiger partial charge is 0.444 e. The fourth-order valence-corrected chi connectivity index (χ4v) is 1.98. The molecule has 16 heavy (non-hydrogen) atoms. The number of hydrogen-bond donors (Lipinski definition) is 1. The summed E-state index contributed by atoms with van der Waals surface area (Å²) in [7, 11) is 0. The number of carbonyl (C=O) groups excluding carboxylic acids is 1. The van der Waals surface area contributed by atoms with E-state index in [1.54, 1.807) is 0 Å². The van der Waals surface area contributed by atoms with Crippen LogP contribution in [0.25, 0.3) is 0 Å². The Labute approximate surface area is 107 Å². The number of amides is 1. The van der Waals surface area contributed by atoms with Crippen molar-refractivity contribution in [2.45, 2.75) is 59.1 Å². The van der Waals surface area contributed by atoms with Crippen LogP contribution in [-0.4, -0.2) is 23.1 Å². The van der Waals surface area contributed by atoms with Crippen molar-refractivity contribution >= 4 is 22.0 Å². The molecule has 0 saturated carbocycles. The van der Waals surface area contributed by atoms with Gasteiger partial charge in [0.2, 0.25) is 0 Å². The molecule has 0 rings (SSSR count). The monoisotopic (exact) mass is 293 g/mol. The maximum Gasteiger partial charge on any atom is 0.407 e. The first kappa shape index (κ1) is 15.8. The van der Waals surface area contributed by atoms with Crippen molar-refractivity contribution in [2.75, 3.05) is 5.33 Å². The smallest absolute Gasteiger partial charge is 0.407 e. The maximum atomic E-state index is 11.6. The van der Waals surface area contributed by atoms with Crippen molar-refractivity contribution < 1.29 is 9.53 Å². The molecule has 1 atom stereocenters. The van der Waals surface area contributed by atoms with Crippen molar-refractivity contribution in [3.8, 4) is 0 Å². The predicted octanol–water partition coefficient (Wildman–Crippen LogP) is 3.71. The summed E-state index contributed by atoms with van der Waals surface area (Å²) in [5, 5.41) is 3.80. The van der Waals surface area contributed by atoms with E-state index in [4.69, 9.17) is 4.74 Å². The van der Waals surface area contributed by atoms with Crippen LogP contribution in [-0.2, 0) is 4.74 Å². The van der Waals surface area contributed by atoms with Crippen LogP contribution in [0.15, 0.2) is 0 Å². The van der Waals surface area contributed by atoms with E-state index in [-0.39, 0.29) is 12.1 Å². The van der Waals surface area contributed by atoms with E-state index in [0.29, 0.717) is 5.92 Å². The predicted molar refractivity (Wildman–Crippen MR) is 71.0 cm³/mol. The summed E-state index contributed by atoms with van der Waals surface area (Å²) in [6.07, 6.45) is 1.58. The first-order valence-electron chi connectivity index (χ1n) is 5.80. The zero-order valence-corrected chi connectivity index (χ0v) is 12.6. The van der Waals surface area contributed by atoms with E-state index >= 15 is 0 Å². The molecule has 4 heteroatoms. The average molecular weight is 294 g/mol. The molecule has 0 aromatic rings. The van der Waals surface area contributed by atoms with Gasteiger partial charge in [-0.3, -0.25) is 0 Å². The molecule has 0 aliphatic carbocycles. The molecular formula is C12H24BrNO2. The van der Waals surface area contributed by atoms with Gasteiger partial charge in [-0.05, 0) is 39.5 Å². The van der Waals surface area contributed by atoms with Gasteiger partial charge in [0.1, 0.15) is 5.60 Å². The van der Waals surface area contributed by atoms with Gasteiger partial charge in [-0.1, -0.05) is 29.8 Å². The van der Waals surface area contributed by atoms with E-state index in [0.717, 1.165) is 18.2 Å². The lowest BCUT2D eigenvalue weighted by Crippen LogP contribution is -2.40. The summed E-state index contributed by atoms with van der Waals surface area (Å²) in [6, 6.07) is 0.189. The van der Waals surface area contributed by atoms with Gasteiger partial charge in [0.05, 0.1) is 0 Å². The average Bonchev–Trinajstić information content (AvgIpc) is 1.98. The van der Waals surface area contributed by atoms with Gasteiger partial charge >= 0.3 is 6.09 Å². The minimum absolute atomic E-state index is 0.189. The Hall–Kier alpha value is -0.250. The van der Waals surface area contributed by atoms with Crippen molar-refractivity contribution in [1.29, 1.82) is 0 Å². The fraction of sp³-hybridized carbons (Fsp3) is 0.917. The lowest BCUT2D eigenvalue weighted by molar-refractivity contribution is 0.0498. The topological polar surface area (TPSA) is 38.3 Å². The molecule has 1 amide bonds. The van der Waals surface area contributed by atoms with Gasteiger partial charge in [0, 0.05) is 11.4 Å². The van der Waals surface area contributed by atoms with Gasteiger partial charge in [-0.15, -0.1) is 0 Å². The zero-order chi connectivity index (χ0) is 12.8. The molecule has 0 saturated heterocycles. The first-order chi connectivity index (χ1) is 7.24. The Balaban J connectivity index is 4.12. The zero-order valence-electron chi connectivity index (χ0n) is 11.0. The Morgan fingerprint density at radius 3 is 2.31 bits per heavy atom. The van der Waals surface area contributed by atoms with E-state index in [1.165, 1.54) is 0 Å². The minimum atomic E-state index is -0.430. The van der Waals surface area contributed by atoms with Crippen LogP contribution in [0.2, 0.25) is 0 Å². The minimum Gasteiger partial charge on any atom is -0.444 e. The van der Waals surface area contributed by atoms with Crippen molar-refractivity contribution in [3.05, 3.63) is 0 Å². The normalized spacial score (nSPS) is 13.7. The highest BCUT2D eigenvalue weighted by molar-refractivity contribution is 9.09. The first-order valence-corrected chi connectivity index (χ1v) is 6.92. The van der Waals surface area contributed by atoms with Gasteiger partial charge in [0.15, 0.2) is 0 Å². The number of halogens is 1. The molecule has 0 radical (unpaired) electrons. The second kappa shape index (κ2) is 7.15. The van der Waals surface area contributed by atoms with E-state index in [2.05, 4.69) is 35.1 Å². The number of rotatable bonds is 5. The molecule has 0 fully saturated rings. The van der Waals surface area contributed by atoms with Crippen LogP contribution < -0.4 is 5.32 Å². The summed E-state index contributed by atoms with van der Waals surface area (Å²) >= 11 is 3.40. The van der Waals surface area contributed by atoms with E-state index in [1.807, 2.05) is 20.8 Å². The molecule has 96 valence electrons. The molecule has 0 bridgehead atoms. The molecule has 0 aromatic carbocycles. The fourth-order valence-electron chi connectivity index (χ4n) is 1.42. The SMILES string of the molecule is CC(C)C[C@H](CCBr)NC(=O)OC(C)(C)C. The third-order valence-corrected chi connectivity index (χ3v) is 2.39. The molecule has 3 nitrogen and oxygen atoms in total. The van der Waals surface area contributed by atoms with Crippen LogP contribution in [0.3, 0.4) is 0 Å². The van der Waals surface area contributed by atoms with Gasteiger partial charge in [-0.25, -0.2) is 4.79 Å². The second-order valence-electron chi connectivity index (χ2n) is 5.45. The molecule has 0 aromatic heterocycles. The number of alkyl carbamates (subject to hydrolysis) is 1. The lowest BCUT2D eigenvalue weighted by atomic mass is 10.0. The third kappa shape index (κ3) is 9.01. The van der Waals surface area contributed by atoms with Crippen molar-refractivity contribution in [1.82, 2.24) is 5.32 Å². The lowest BCUT2D eigenvalue weighted by Gasteiger charge is -2.24. The van der Waals surface area contributed by atoms with E-state index in [9.17, 15) is 4.79 Å². The Morgan fingerprint density at radius 1 is 1.38 bits per heavy atom. The number of ether oxygens (including phenoxy) is 1. The number of hydrogen-bond acceptors (Lipinski definition) is 2. The highest BCUT2D eigenvalue weighted by Crippen LogP contribution is 2.11. The number of alkyl halides is 1. The highest BCUT2D eigenvalue weighted by Gasteiger charge is 2.19. The Morgan fingerprint density at radius 2 is 1.94 bits per heavy atom. The molecule has 1 N–H and O–H groups in total. The molecule has 0 spiro atoms. The number of nitrogens with one attached hydrogen (secondary N) is 1. The molecule has 0 aliphatic heterocycles. The third-order valence-electron chi connectivity index (χ3n) is 1.93. The van der Waals surface area contributed by atoms with Crippen LogP contribution >= 0.6 is 15.9 Å². The van der Waals surface area contributed by atoms with Gasteiger partial charge in [0.25, 0.3) is 0 Å². The van der Waals surface area contributed by atoms with Crippen LogP contribution in [0.5, 0.6) is 0 Å². The van der Waals surface area contributed by atoms with Crippen molar-refractivity contribution in [3.63, 3.8) is 0 Å². The summed E-state index contributed by atoms with van der Waals surface area (Å²) in [5.74, 6) is 0.569. The maximum absolute atomic E-state index is 11.6. The number of carbonyl (C=O) groups is 1. The molecule has 0 heterocycles. The van der Waals surface area contributed by atoms with Crippen LogP contribution in [0, 0.1) is 5.92 Å². The summed E-state index contributed by atoms with van der Waals surface area (Å²) in [4.78, 5) is 11.6. The van der Waals surface area contributed by atoms with Crippen LogP contribution in [0.1, 0.15) is 47.5 Å². The van der Waals surface area contributed by atoms with E-state index < -0.39 is 5.60 Å². The summed E-state index contributed by atoms with van der Waals surface area (Å²) < 4.78 is 5.23. The van der Waals surface area contributed by atoms with Crippen LogP contribution in [0.4, 0.5) is 4.79 Å². The van der Waals surface area contributed by atoms with Gasteiger partial charge in [-0.2, -0.15) is 0 Å². The highest BCUT2D eigenvalue weighted by atomic mass is 79.9. The summed E-state index contributed by atoms with van der Waals surface area (Å²) in [5.41, 5.74) is -0.430. The van der Waals surface area contributed by atoms with Crippen molar-refractivity contribution in [2.24, 2.45) is 5.92 Å². The summed E-state index contributed by atoms with van der Waals surface area (Å²) in [6.45, 7) is 9.91. The Bertz CT molecular complexity index is 212. The Kier molecular flexibility index (Phi) is 7.04. The molecular weight excluding hydrogens is 270 g/mol. The quantitative estimate of drug-likeness (QED) is 0.785. The second-order valence-corrected chi connectivity index (χ2v) is 6.24.